The first kappa shape index (κ1) is 130. The third-order valence-corrected chi connectivity index (χ3v) is 20.4. The van der Waals surface area contributed by atoms with Crippen LogP contribution < -0.4 is 0 Å². The number of rotatable bonds is 11. The molecule has 19 aromatic rings. The second kappa shape index (κ2) is 69.5. The molecule has 0 spiro atoms. The van der Waals surface area contributed by atoms with Crippen LogP contribution in [0.3, 0.4) is 0 Å². The number of benzene rings is 12. The van der Waals surface area contributed by atoms with Crippen molar-refractivity contribution in [2.45, 2.75) is 104 Å². The number of ketones is 6. The molecule has 0 atom stereocenters. The Labute approximate surface area is 949 Å². The minimum absolute atomic E-state index is 0. The third-order valence-electron chi connectivity index (χ3n) is 19.3. The minimum Gasteiger partial charge on any atom is -0.512 e. The fourth-order valence-corrected chi connectivity index (χ4v) is 14.7. The SMILES string of the molecule is CC(=O)C=C(C)O.CC(=O)C=C(C)O.CC(=O)C=C(C)O.CC(=O)C=C(C)O.CC(=O)C=C(C)O.CC(=O)C=C(C)O.Cc1cc2ccccc2nc1-c1[c-]cccc1.Cc1cccc2c(-c3[c-]cccc3)nccc12.Cc1cnc2c3[c-]cccc3c3ccccc3c2n1.[Ir].[Ir].[Ir].[Ir].[Ir].[Ir].[c-]1c(-c2ccccn2)sc2ccccc12.[c-]1ccccc1-c1ccc2ccccc2n1.[c-]1ccccc1-c1nccc2ccccc12. The van der Waals surface area contributed by atoms with Crippen molar-refractivity contribution >= 4 is 132 Å². The number of carbonyl (C=O) groups excluding carboxylic acids is 6. The molecule has 26 heteroatoms. The van der Waals surface area contributed by atoms with Gasteiger partial charge in [-0.1, -0.05) is 162 Å². The summed E-state index contributed by atoms with van der Waals surface area (Å²) in [6.07, 6.45) is 14.3. The van der Waals surface area contributed by atoms with Gasteiger partial charge in [0.05, 0.1) is 56.8 Å². The van der Waals surface area contributed by atoms with Gasteiger partial charge in [-0.3, -0.25) is 43.7 Å². The summed E-state index contributed by atoms with van der Waals surface area (Å²) >= 11 is 1.73. The molecule has 19 rings (SSSR count). The molecule has 0 aliphatic heterocycles. The van der Waals surface area contributed by atoms with E-state index in [0.717, 1.165) is 94.1 Å². The fourth-order valence-electron chi connectivity index (χ4n) is 13.7. The molecule has 6 N–H and O–H groups in total. The van der Waals surface area contributed by atoms with Crippen LogP contribution in [0.4, 0.5) is 0 Å². The Balaban J connectivity index is 0.000000555. The van der Waals surface area contributed by atoms with Crippen molar-refractivity contribution in [3.63, 3.8) is 0 Å². The van der Waals surface area contributed by atoms with Crippen molar-refractivity contribution < 1.29 is 180 Å². The number of pyridine rings is 5. The van der Waals surface area contributed by atoms with Crippen LogP contribution in [-0.4, -0.2) is 100 Å². The normalized spacial score (nSPS) is 10.5. The maximum atomic E-state index is 10.0. The number of allylic oxidation sites excluding steroid dienone is 12. The summed E-state index contributed by atoms with van der Waals surface area (Å²) in [6.45, 7) is 23.3. The van der Waals surface area contributed by atoms with Crippen LogP contribution in [0.2, 0.25) is 0 Å². The van der Waals surface area contributed by atoms with Crippen molar-refractivity contribution in [1.29, 1.82) is 0 Å². The summed E-state index contributed by atoms with van der Waals surface area (Å²) in [5.41, 5.74) is 16.5. The van der Waals surface area contributed by atoms with Gasteiger partial charge in [0, 0.05) is 193 Å². The van der Waals surface area contributed by atoms with Gasteiger partial charge in [0.25, 0.3) is 0 Å². The molecule has 148 heavy (non-hydrogen) atoms. The van der Waals surface area contributed by atoms with E-state index in [1.54, 1.807) is 11.3 Å². The van der Waals surface area contributed by atoms with Gasteiger partial charge in [0.2, 0.25) is 0 Å². The molecule has 7 aromatic heterocycles. The maximum Gasteiger partial charge on any atom is 0.155 e. The van der Waals surface area contributed by atoms with E-state index >= 15 is 0 Å². The van der Waals surface area contributed by atoms with E-state index < -0.39 is 0 Å². The standard InChI is InChI=1S/C17H11N2.2C16H12N.2C15H10N.C13H8NS.6C5H8O2.6Ir/c1-11-10-18-16-14-8-4-2-6-12(14)13-7-3-5-9-15(13)17(16)19-11;1-12-6-5-9-15-14(12)10-11-17-16(15)13-7-3-2-4-8-13;1-12-11-14-9-5-6-10-15(14)17-16(12)13-7-3-2-4-8-13;1-2-7-13(8-3-1)15-14-9-5-4-6-12(14)10-11-16-15;1-2-6-12(7-3-1)15-11-10-13-8-4-5-9-14(13)16-15;1-2-7-12-10(5-1)9-13(15-12)11-6-3-4-8-14-11;6*1-4(6)3-5(2)7;;;;;;/h2-7,9-10H,1H3;2*2-7,9-11H,1H3;1-7,9-11H;1-6,8-11H;1-8H;6*3,6H,1-2H3;;;;;;/q6*-1;;;;;;;;;;;;. The number of para-hydroxylation sites is 2. The van der Waals surface area contributed by atoms with Crippen molar-refractivity contribution in [1.82, 2.24) is 34.9 Å². The summed E-state index contributed by atoms with van der Waals surface area (Å²) in [4.78, 5) is 93.0. The van der Waals surface area contributed by atoms with Crippen LogP contribution in [0.15, 0.2) is 399 Å². The summed E-state index contributed by atoms with van der Waals surface area (Å²) in [5.74, 6) is -0.375. The molecule has 6 radical (unpaired) electrons. The second-order valence-electron chi connectivity index (χ2n) is 31.9. The number of aliphatic hydroxyl groups is 6. The number of aryl methyl sites for hydroxylation is 3. The number of nitrogens with zero attached hydrogens (tertiary/aromatic N) is 7. The first-order valence-electron chi connectivity index (χ1n) is 45.0. The van der Waals surface area contributed by atoms with E-state index in [1.807, 2.05) is 232 Å². The van der Waals surface area contributed by atoms with E-state index in [-0.39, 0.29) is 190 Å². The molecule has 0 unspecified atom stereocenters. The molecule has 19 nitrogen and oxygen atoms in total. The molecule has 0 aliphatic rings. The van der Waals surface area contributed by atoms with Crippen LogP contribution in [0.1, 0.15) is 99.9 Å². The van der Waals surface area contributed by atoms with Gasteiger partial charge in [-0.25, -0.2) is 11.3 Å². The van der Waals surface area contributed by atoms with Crippen LogP contribution in [0, 0.1) is 57.2 Å². The molecule has 0 saturated carbocycles. The Kier molecular flexibility index (Phi) is 61.3. The second-order valence-corrected chi connectivity index (χ2v) is 33.0. The Morgan fingerprint density at radius 3 is 1.16 bits per heavy atom. The van der Waals surface area contributed by atoms with Gasteiger partial charge < -0.3 is 50.6 Å². The van der Waals surface area contributed by atoms with Gasteiger partial charge in [0.1, 0.15) is 0 Å². The zero-order valence-corrected chi connectivity index (χ0v) is 99.0. The summed E-state index contributed by atoms with van der Waals surface area (Å²) < 4.78 is 1.26. The van der Waals surface area contributed by atoms with Crippen molar-refractivity contribution in [3.05, 3.63) is 452 Å². The first-order chi connectivity index (χ1) is 68.1. The fraction of sp³-hybridized carbons (Fsp3) is 0.123. The van der Waals surface area contributed by atoms with Crippen LogP contribution in [0.5, 0.6) is 0 Å². The molecule has 0 fully saturated rings. The predicted octanol–water partition coefficient (Wildman–Crippen LogP) is 29.4. The van der Waals surface area contributed by atoms with E-state index in [2.05, 4.69) is 183 Å². The molecule has 0 amide bonds. The Bertz CT molecular complexity index is 7370. The van der Waals surface area contributed by atoms with E-state index in [1.165, 1.54) is 184 Å². The van der Waals surface area contributed by atoms with E-state index in [4.69, 9.17) is 35.6 Å². The monoisotopic (exact) mass is 3060 g/mol. The number of hydrogen-bond acceptors (Lipinski definition) is 20. The Morgan fingerprint density at radius 2 is 0.689 bits per heavy atom. The Hall–Kier alpha value is -13.6. The van der Waals surface area contributed by atoms with E-state index in [0.29, 0.717) is 0 Å². The average molecular weight is 3050 g/mol. The zero-order valence-electron chi connectivity index (χ0n) is 83.8. The van der Waals surface area contributed by atoms with E-state index in [9.17, 15) is 28.8 Å². The first-order valence-corrected chi connectivity index (χ1v) is 45.8. The van der Waals surface area contributed by atoms with Crippen molar-refractivity contribution in [3.8, 4) is 55.6 Å². The molecular formula is C122H111Ir6N7O12S-6. The van der Waals surface area contributed by atoms with Gasteiger partial charge in [-0.2, -0.15) is 0 Å². The summed E-state index contributed by atoms with van der Waals surface area (Å²) in [6, 6.07) is 121. The van der Waals surface area contributed by atoms with Crippen LogP contribution in [-0.2, 0) is 149 Å². The van der Waals surface area contributed by atoms with Crippen molar-refractivity contribution in [2.75, 3.05) is 0 Å². The predicted molar refractivity (Wildman–Crippen MR) is 578 cm³/mol. The molecule has 0 bridgehead atoms. The average Bonchev–Trinajstić information content (AvgIpc) is 0.871. The summed E-state index contributed by atoms with van der Waals surface area (Å²) in [5, 5.41) is 63.1. The van der Waals surface area contributed by atoms with Gasteiger partial charge >= 0.3 is 0 Å². The largest absolute Gasteiger partial charge is 0.512 e. The van der Waals surface area contributed by atoms with Gasteiger partial charge in [0.15, 0.2) is 34.7 Å². The number of aliphatic hydroxyl groups excluding tert-OH is 6. The van der Waals surface area contributed by atoms with Gasteiger partial charge in [-0.05, 0) is 210 Å². The maximum absolute atomic E-state index is 10.0. The number of thiophene rings is 1. The number of aromatic nitrogens is 7. The van der Waals surface area contributed by atoms with Crippen LogP contribution >= 0.6 is 11.3 Å². The number of carbonyl (C=O) groups is 6. The molecule has 772 valence electrons. The Morgan fingerprint density at radius 1 is 0.284 bits per heavy atom. The smallest absolute Gasteiger partial charge is 0.155 e. The minimum atomic E-state index is -0.125. The zero-order chi connectivity index (χ0) is 103. The molecule has 7 heterocycles. The molecule has 0 aliphatic carbocycles. The quantitative estimate of drug-likeness (QED) is 0.0303. The molecule has 0 saturated heterocycles. The number of fused-ring (bicyclic) bond motifs is 11. The molecular weight excluding hydrogens is 2940 g/mol. The van der Waals surface area contributed by atoms with Gasteiger partial charge in [-0.15, -0.1) is 197 Å². The summed E-state index contributed by atoms with van der Waals surface area (Å²) in [7, 11) is 0. The topological polar surface area (TPSA) is 314 Å². The number of hydrogen-bond donors (Lipinski definition) is 6. The molecule has 12 aromatic carbocycles. The van der Waals surface area contributed by atoms with Crippen LogP contribution in [0.25, 0.3) is 142 Å². The van der Waals surface area contributed by atoms with Crippen molar-refractivity contribution in [2.24, 2.45) is 0 Å². The third kappa shape index (κ3) is 45.4.